The minimum Gasteiger partial charge on any atom is -0.493 e. The summed E-state index contributed by atoms with van der Waals surface area (Å²) in [5.74, 6) is 0.442. The first-order valence-corrected chi connectivity index (χ1v) is 5.40. The average molecular weight is 237 g/mol. The lowest BCUT2D eigenvalue weighted by molar-refractivity contribution is -0.138. The summed E-state index contributed by atoms with van der Waals surface area (Å²) in [5, 5.41) is 12.0. The molecule has 0 bridgehead atoms. The number of aryl methyl sites for hydroxylation is 1. The molecule has 92 valence electrons. The Bertz CT molecular complexity index is 444. The molecule has 1 aromatic carbocycles. The molecule has 1 aromatic rings. The maximum atomic E-state index is 10.9. The second-order valence-corrected chi connectivity index (χ2v) is 3.94. The van der Waals surface area contributed by atoms with Crippen molar-refractivity contribution in [2.75, 3.05) is 19.5 Å². The molecule has 0 radical (unpaired) electrons. The number of anilines is 1. The molecule has 1 unspecified atom stereocenters. The van der Waals surface area contributed by atoms with Gasteiger partial charge < -0.3 is 19.9 Å². The number of rotatable bonds is 3. The Labute approximate surface area is 99.3 Å². The number of carboxylic acids is 1. The summed E-state index contributed by atoms with van der Waals surface area (Å²) < 4.78 is 10.4. The molecule has 2 rings (SSSR count). The van der Waals surface area contributed by atoms with Gasteiger partial charge in [-0.1, -0.05) is 0 Å². The van der Waals surface area contributed by atoms with E-state index in [-0.39, 0.29) is 0 Å². The van der Waals surface area contributed by atoms with Gasteiger partial charge in [-0.25, -0.2) is 4.79 Å². The fourth-order valence-corrected chi connectivity index (χ4v) is 2.01. The highest BCUT2D eigenvalue weighted by Crippen LogP contribution is 2.36. The number of benzene rings is 1. The van der Waals surface area contributed by atoms with Gasteiger partial charge in [0, 0.05) is 11.8 Å². The minimum atomic E-state index is -0.828. The summed E-state index contributed by atoms with van der Waals surface area (Å²) in [6.45, 7) is 0. The van der Waals surface area contributed by atoms with E-state index in [4.69, 9.17) is 14.6 Å². The topological polar surface area (TPSA) is 67.8 Å². The van der Waals surface area contributed by atoms with Gasteiger partial charge in [-0.15, -0.1) is 0 Å². The number of methoxy groups -OCH3 is 2. The van der Waals surface area contributed by atoms with Gasteiger partial charge in [-0.2, -0.15) is 0 Å². The second kappa shape index (κ2) is 4.53. The van der Waals surface area contributed by atoms with E-state index >= 15 is 0 Å². The van der Waals surface area contributed by atoms with Crippen LogP contribution >= 0.6 is 0 Å². The van der Waals surface area contributed by atoms with Crippen LogP contribution in [0.3, 0.4) is 0 Å². The maximum absolute atomic E-state index is 10.9. The molecule has 2 N–H and O–H groups in total. The van der Waals surface area contributed by atoms with Gasteiger partial charge in [0.25, 0.3) is 0 Å². The molecule has 1 aliphatic rings. The molecule has 0 amide bonds. The Morgan fingerprint density at radius 3 is 2.59 bits per heavy atom. The standard InChI is InChI=1S/C12H15NO4/c1-16-10-5-7-3-4-8(12(14)15)13-9(7)6-11(10)17-2/h5-6,8,13H,3-4H2,1-2H3,(H,14,15). The van der Waals surface area contributed by atoms with E-state index in [2.05, 4.69) is 5.32 Å². The summed E-state index contributed by atoms with van der Waals surface area (Å²) in [6, 6.07) is 3.14. The number of carbonyl (C=O) groups is 1. The Morgan fingerprint density at radius 2 is 2.00 bits per heavy atom. The van der Waals surface area contributed by atoms with Gasteiger partial charge in [-0.05, 0) is 24.5 Å². The maximum Gasteiger partial charge on any atom is 0.326 e. The molecule has 5 heteroatoms. The normalized spacial score (nSPS) is 17.9. The number of carboxylic acid groups (broad SMARTS) is 1. The first-order chi connectivity index (χ1) is 8.15. The van der Waals surface area contributed by atoms with Crippen LogP contribution in [-0.2, 0) is 11.2 Å². The van der Waals surface area contributed by atoms with Crippen molar-refractivity contribution in [1.29, 1.82) is 0 Å². The summed E-state index contributed by atoms with van der Waals surface area (Å²) in [5.41, 5.74) is 1.86. The molecular formula is C12H15NO4. The van der Waals surface area contributed by atoms with E-state index in [1.807, 2.05) is 6.07 Å². The molecule has 0 aromatic heterocycles. The Hall–Kier alpha value is -1.91. The van der Waals surface area contributed by atoms with Gasteiger partial charge in [0.2, 0.25) is 0 Å². The van der Waals surface area contributed by atoms with Gasteiger partial charge in [-0.3, -0.25) is 0 Å². The van der Waals surface area contributed by atoms with Gasteiger partial charge in [0.05, 0.1) is 14.2 Å². The quantitative estimate of drug-likeness (QED) is 0.834. The average Bonchev–Trinajstić information content (AvgIpc) is 2.36. The van der Waals surface area contributed by atoms with Crippen LogP contribution in [-0.4, -0.2) is 31.3 Å². The summed E-state index contributed by atoms with van der Waals surface area (Å²) in [4.78, 5) is 10.9. The summed E-state index contributed by atoms with van der Waals surface area (Å²) in [6.07, 6.45) is 1.30. The Morgan fingerprint density at radius 1 is 1.35 bits per heavy atom. The van der Waals surface area contributed by atoms with E-state index in [0.29, 0.717) is 17.9 Å². The van der Waals surface area contributed by atoms with Gasteiger partial charge >= 0.3 is 5.97 Å². The fraction of sp³-hybridized carbons (Fsp3) is 0.417. The number of aliphatic carboxylic acids is 1. The predicted molar refractivity (Wildman–Crippen MR) is 62.9 cm³/mol. The zero-order valence-electron chi connectivity index (χ0n) is 9.82. The number of hydrogen-bond acceptors (Lipinski definition) is 4. The molecular weight excluding hydrogens is 222 g/mol. The molecule has 5 nitrogen and oxygen atoms in total. The highest BCUT2D eigenvalue weighted by molar-refractivity contribution is 5.79. The summed E-state index contributed by atoms with van der Waals surface area (Å²) in [7, 11) is 3.14. The largest absolute Gasteiger partial charge is 0.493 e. The number of hydrogen-bond donors (Lipinski definition) is 2. The minimum absolute atomic E-state index is 0.527. The monoisotopic (exact) mass is 237 g/mol. The molecule has 17 heavy (non-hydrogen) atoms. The van der Waals surface area contributed by atoms with Crippen LogP contribution in [0.2, 0.25) is 0 Å². The van der Waals surface area contributed by atoms with Crippen LogP contribution in [0.1, 0.15) is 12.0 Å². The number of fused-ring (bicyclic) bond motifs is 1. The highest BCUT2D eigenvalue weighted by atomic mass is 16.5. The van der Waals surface area contributed by atoms with Crippen molar-refractivity contribution in [2.24, 2.45) is 0 Å². The Kier molecular flexibility index (Phi) is 3.08. The van der Waals surface area contributed by atoms with Crippen LogP contribution in [0.15, 0.2) is 12.1 Å². The van der Waals surface area contributed by atoms with Crippen molar-refractivity contribution in [3.05, 3.63) is 17.7 Å². The molecule has 1 atom stereocenters. The lowest BCUT2D eigenvalue weighted by Crippen LogP contribution is -2.33. The van der Waals surface area contributed by atoms with Crippen molar-refractivity contribution in [3.63, 3.8) is 0 Å². The fourth-order valence-electron chi connectivity index (χ4n) is 2.01. The van der Waals surface area contributed by atoms with E-state index in [0.717, 1.165) is 17.7 Å². The van der Waals surface area contributed by atoms with Gasteiger partial charge in [0.1, 0.15) is 6.04 Å². The van der Waals surface area contributed by atoms with Crippen LogP contribution in [0.25, 0.3) is 0 Å². The SMILES string of the molecule is COc1cc2c(cc1OC)NC(C(=O)O)CC2. The molecule has 0 fully saturated rings. The third kappa shape index (κ3) is 2.13. The lowest BCUT2D eigenvalue weighted by Gasteiger charge is -2.25. The third-order valence-corrected chi connectivity index (χ3v) is 2.94. The van der Waals surface area contributed by atoms with Crippen LogP contribution < -0.4 is 14.8 Å². The van der Waals surface area contributed by atoms with Crippen LogP contribution in [0.4, 0.5) is 5.69 Å². The van der Waals surface area contributed by atoms with E-state index in [1.54, 1.807) is 20.3 Å². The zero-order valence-corrected chi connectivity index (χ0v) is 9.82. The van der Waals surface area contributed by atoms with E-state index in [9.17, 15) is 4.79 Å². The van der Waals surface area contributed by atoms with Crippen LogP contribution in [0, 0.1) is 0 Å². The molecule has 0 spiro atoms. The number of nitrogens with one attached hydrogen (secondary N) is 1. The molecule has 1 heterocycles. The van der Waals surface area contributed by atoms with Crippen molar-refractivity contribution in [3.8, 4) is 11.5 Å². The first kappa shape index (κ1) is 11.6. The van der Waals surface area contributed by atoms with E-state index in [1.165, 1.54) is 0 Å². The van der Waals surface area contributed by atoms with Crippen molar-refractivity contribution in [1.82, 2.24) is 0 Å². The molecule has 1 aliphatic heterocycles. The van der Waals surface area contributed by atoms with E-state index < -0.39 is 12.0 Å². The van der Waals surface area contributed by atoms with Gasteiger partial charge in [0.15, 0.2) is 11.5 Å². The smallest absolute Gasteiger partial charge is 0.326 e. The van der Waals surface area contributed by atoms with Crippen molar-refractivity contribution >= 4 is 11.7 Å². The lowest BCUT2D eigenvalue weighted by atomic mass is 9.97. The third-order valence-electron chi connectivity index (χ3n) is 2.94. The molecule has 0 saturated carbocycles. The molecule has 0 aliphatic carbocycles. The zero-order chi connectivity index (χ0) is 12.4. The van der Waals surface area contributed by atoms with Crippen molar-refractivity contribution < 1.29 is 19.4 Å². The number of ether oxygens (including phenoxy) is 2. The van der Waals surface area contributed by atoms with Crippen LogP contribution in [0.5, 0.6) is 11.5 Å². The van der Waals surface area contributed by atoms with Crippen molar-refractivity contribution in [2.45, 2.75) is 18.9 Å². The first-order valence-electron chi connectivity index (χ1n) is 5.40. The predicted octanol–water partition coefficient (Wildman–Crippen LogP) is 1.52. The molecule has 0 saturated heterocycles. The Balaban J connectivity index is 2.35. The summed E-state index contributed by atoms with van der Waals surface area (Å²) >= 11 is 0. The second-order valence-electron chi connectivity index (χ2n) is 3.94. The highest BCUT2D eigenvalue weighted by Gasteiger charge is 2.24.